The fourth-order valence-corrected chi connectivity index (χ4v) is 3.70. The fourth-order valence-electron chi connectivity index (χ4n) is 3.70. The van der Waals surface area contributed by atoms with Crippen molar-refractivity contribution < 1.29 is 14.6 Å². The second kappa shape index (κ2) is 12.2. The molecule has 1 aromatic rings. The molecule has 0 radical (unpaired) electrons. The highest BCUT2D eigenvalue weighted by Gasteiger charge is 2.29. The molecule has 162 valence electrons. The molecule has 2 aliphatic rings. The summed E-state index contributed by atoms with van der Waals surface area (Å²) in [6.45, 7) is 7.94. The van der Waals surface area contributed by atoms with Crippen LogP contribution in [0.15, 0.2) is 35.3 Å². The molecule has 0 amide bonds. The molecule has 3 rings (SSSR count). The van der Waals surface area contributed by atoms with Crippen LogP contribution in [0.3, 0.4) is 0 Å². The summed E-state index contributed by atoms with van der Waals surface area (Å²) in [5.41, 5.74) is 1.06. The first kappa shape index (κ1) is 23.8. The van der Waals surface area contributed by atoms with Gasteiger partial charge in [0.05, 0.1) is 20.3 Å². The Kier molecular flexibility index (Phi) is 10.0. The number of hydrogen-bond acceptors (Lipinski definition) is 5. The molecule has 2 aliphatic heterocycles. The second-order valence-corrected chi connectivity index (χ2v) is 7.04. The van der Waals surface area contributed by atoms with Gasteiger partial charge in [-0.25, -0.2) is 4.99 Å². The summed E-state index contributed by atoms with van der Waals surface area (Å²) >= 11 is 0. The van der Waals surface area contributed by atoms with Gasteiger partial charge in [0, 0.05) is 38.8 Å². The van der Waals surface area contributed by atoms with Crippen molar-refractivity contribution in [1.29, 1.82) is 0 Å². The highest BCUT2D eigenvalue weighted by Crippen LogP contribution is 2.28. The number of guanidine groups is 1. The van der Waals surface area contributed by atoms with Crippen molar-refractivity contribution >= 4 is 29.9 Å². The maximum atomic E-state index is 8.93. The lowest BCUT2D eigenvalue weighted by Crippen LogP contribution is -2.42. The van der Waals surface area contributed by atoms with Gasteiger partial charge in [-0.2, -0.15) is 0 Å². The number of nitrogens with one attached hydrogen (secondary N) is 1. The molecule has 0 aliphatic carbocycles. The number of halogens is 1. The lowest BCUT2D eigenvalue weighted by atomic mass is 10.2. The largest absolute Gasteiger partial charge is 0.493 e. The molecule has 0 bridgehead atoms. The van der Waals surface area contributed by atoms with Gasteiger partial charge in [-0.1, -0.05) is 18.2 Å². The molecule has 1 unspecified atom stereocenters. The highest BCUT2D eigenvalue weighted by atomic mass is 127. The van der Waals surface area contributed by atoms with Crippen molar-refractivity contribution in [3.63, 3.8) is 0 Å². The van der Waals surface area contributed by atoms with E-state index < -0.39 is 0 Å². The predicted molar refractivity (Wildman–Crippen MR) is 126 cm³/mol. The molecule has 8 heteroatoms. The molecule has 0 aromatic heterocycles. The molecule has 1 aromatic carbocycles. The Labute approximate surface area is 190 Å². The van der Waals surface area contributed by atoms with Crippen LogP contribution < -0.4 is 14.8 Å². The van der Waals surface area contributed by atoms with Crippen molar-refractivity contribution in [3.8, 4) is 11.5 Å². The van der Waals surface area contributed by atoms with Crippen molar-refractivity contribution in [2.45, 2.75) is 25.9 Å². The summed E-state index contributed by atoms with van der Waals surface area (Å²) < 4.78 is 10.9. The van der Waals surface area contributed by atoms with Gasteiger partial charge in [0.2, 0.25) is 0 Å². The standard InChI is InChI=1S/C21H32N4O3.HI/c1-3-22-21(25-11-8-18(16-25)24-9-4-5-10-24)23-15-17-6-7-19(28-13-12-26)20(14-17)27-2;/h4-7,14,18,26H,3,8-13,15-16H2,1-2H3,(H,22,23);1H. The van der Waals surface area contributed by atoms with E-state index in [0.717, 1.165) is 44.2 Å². The first-order valence-electron chi connectivity index (χ1n) is 10.1. The number of hydrogen-bond donors (Lipinski definition) is 2. The number of benzene rings is 1. The van der Waals surface area contributed by atoms with Crippen molar-refractivity contribution in [3.05, 3.63) is 35.9 Å². The quantitative estimate of drug-likeness (QED) is 0.239. The Morgan fingerprint density at radius 2 is 2.07 bits per heavy atom. The van der Waals surface area contributed by atoms with E-state index in [1.165, 1.54) is 6.42 Å². The zero-order chi connectivity index (χ0) is 19.8. The number of aliphatic hydroxyl groups is 1. The molecule has 2 heterocycles. The third kappa shape index (κ3) is 6.48. The van der Waals surface area contributed by atoms with Gasteiger partial charge in [-0.3, -0.25) is 4.90 Å². The van der Waals surface area contributed by atoms with Crippen LogP contribution in [0, 0.1) is 0 Å². The monoisotopic (exact) mass is 516 g/mol. The van der Waals surface area contributed by atoms with Crippen LogP contribution >= 0.6 is 24.0 Å². The van der Waals surface area contributed by atoms with Gasteiger partial charge in [-0.15, -0.1) is 24.0 Å². The van der Waals surface area contributed by atoms with Crippen LogP contribution in [0.4, 0.5) is 0 Å². The smallest absolute Gasteiger partial charge is 0.194 e. The van der Waals surface area contributed by atoms with Crippen LogP contribution in [0.2, 0.25) is 0 Å². The third-order valence-corrected chi connectivity index (χ3v) is 5.15. The maximum absolute atomic E-state index is 8.93. The molecule has 0 spiro atoms. The Balaban J connectivity index is 0.00000300. The van der Waals surface area contributed by atoms with E-state index >= 15 is 0 Å². The van der Waals surface area contributed by atoms with Crippen molar-refractivity contribution in [2.24, 2.45) is 4.99 Å². The van der Waals surface area contributed by atoms with Crippen LogP contribution in [0.5, 0.6) is 11.5 Å². The van der Waals surface area contributed by atoms with E-state index in [9.17, 15) is 0 Å². The van der Waals surface area contributed by atoms with Gasteiger partial charge in [0.15, 0.2) is 17.5 Å². The molecule has 2 N–H and O–H groups in total. The topological polar surface area (TPSA) is 69.6 Å². The zero-order valence-corrected chi connectivity index (χ0v) is 19.7. The average Bonchev–Trinajstić information content (AvgIpc) is 3.41. The van der Waals surface area contributed by atoms with Gasteiger partial charge in [0.1, 0.15) is 6.61 Å². The zero-order valence-electron chi connectivity index (χ0n) is 17.3. The number of aliphatic imine (C=N–C) groups is 1. The van der Waals surface area contributed by atoms with Crippen molar-refractivity contribution in [2.75, 3.05) is 53.0 Å². The summed E-state index contributed by atoms with van der Waals surface area (Å²) in [7, 11) is 1.62. The summed E-state index contributed by atoms with van der Waals surface area (Å²) in [4.78, 5) is 9.75. The van der Waals surface area contributed by atoms with Gasteiger partial charge in [-0.05, 0) is 31.0 Å². The average molecular weight is 516 g/mol. The van der Waals surface area contributed by atoms with Gasteiger partial charge in [0.25, 0.3) is 0 Å². The van der Waals surface area contributed by atoms with E-state index in [1.54, 1.807) is 7.11 Å². The normalized spacial score (nSPS) is 19.3. The van der Waals surface area contributed by atoms with Crippen molar-refractivity contribution in [1.82, 2.24) is 15.1 Å². The Hall–Kier alpha value is -1.52. The first-order valence-corrected chi connectivity index (χ1v) is 10.1. The minimum Gasteiger partial charge on any atom is -0.493 e. The lowest BCUT2D eigenvalue weighted by molar-refractivity contribution is 0.196. The van der Waals surface area contributed by atoms with E-state index in [2.05, 4.69) is 34.2 Å². The Morgan fingerprint density at radius 3 is 2.76 bits per heavy atom. The highest BCUT2D eigenvalue weighted by molar-refractivity contribution is 14.0. The van der Waals surface area contributed by atoms with E-state index in [4.69, 9.17) is 19.6 Å². The van der Waals surface area contributed by atoms with Gasteiger partial charge < -0.3 is 24.8 Å². The summed E-state index contributed by atoms with van der Waals surface area (Å²) in [5.74, 6) is 2.27. The number of nitrogens with zero attached hydrogens (tertiary/aromatic N) is 3. The Bertz CT molecular complexity index is 691. The molecule has 1 fully saturated rings. The first-order chi connectivity index (χ1) is 13.7. The van der Waals surface area contributed by atoms with Gasteiger partial charge >= 0.3 is 0 Å². The fraction of sp³-hybridized carbons (Fsp3) is 0.571. The SMILES string of the molecule is CCNC(=NCc1ccc(OCCO)c(OC)c1)N1CCC(N2CC=CC2)C1.I. The van der Waals surface area contributed by atoms with E-state index in [1.807, 2.05) is 18.2 Å². The van der Waals surface area contributed by atoms with E-state index in [0.29, 0.717) is 24.1 Å². The molecule has 7 nitrogen and oxygen atoms in total. The minimum absolute atomic E-state index is 0. The number of aliphatic hydroxyl groups excluding tert-OH is 1. The molecule has 1 saturated heterocycles. The van der Waals surface area contributed by atoms with Crippen LogP contribution in [0.25, 0.3) is 0 Å². The van der Waals surface area contributed by atoms with Crippen LogP contribution in [-0.4, -0.2) is 80.0 Å². The molecular weight excluding hydrogens is 483 g/mol. The number of rotatable bonds is 8. The van der Waals surface area contributed by atoms with E-state index in [-0.39, 0.29) is 37.2 Å². The molecule has 0 saturated carbocycles. The number of likely N-dealkylation sites (tertiary alicyclic amines) is 1. The van der Waals surface area contributed by atoms with Crippen LogP contribution in [-0.2, 0) is 6.54 Å². The lowest BCUT2D eigenvalue weighted by Gasteiger charge is -2.25. The third-order valence-electron chi connectivity index (χ3n) is 5.15. The minimum atomic E-state index is -0.0223. The predicted octanol–water partition coefficient (Wildman–Crippen LogP) is 2.10. The number of methoxy groups -OCH3 is 1. The number of ether oxygens (including phenoxy) is 2. The Morgan fingerprint density at radius 1 is 1.28 bits per heavy atom. The summed E-state index contributed by atoms with van der Waals surface area (Å²) in [6.07, 6.45) is 5.68. The summed E-state index contributed by atoms with van der Waals surface area (Å²) in [5, 5.41) is 12.4. The molecule has 1 atom stereocenters. The second-order valence-electron chi connectivity index (χ2n) is 7.04. The molecular formula is C21H33IN4O3. The van der Waals surface area contributed by atoms with Crippen LogP contribution in [0.1, 0.15) is 18.9 Å². The summed E-state index contributed by atoms with van der Waals surface area (Å²) in [6, 6.07) is 6.41. The maximum Gasteiger partial charge on any atom is 0.194 e. The molecule has 29 heavy (non-hydrogen) atoms.